The Labute approximate surface area is 97.4 Å². The number of aliphatic hydroxyl groups is 1. The summed E-state index contributed by atoms with van der Waals surface area (Å²) in [7, 11) is 0. The zero-order valence-electron chi connectivity index (χ0n) is 10.1. The summed E-state index contributed by atoms with van der Waals surface area (Å²) in [6.45, 7) is 2.80. The van der Waals surface area contributed by atoms with E-state index in [2.05, 4.69) is 5.32 Å². The Bertz CT molecular complexity index is 198. The molecule has 0 aromatic carbocycles. The molecule has 1 rings (SSSR count). The number of nitrogens with one attached hydrogen (secondary N) is 1. The number of amides is 1. The molecule has 0 radical (unpaired) electrons. The lowest BCUT2D eigenvalue weighted by Gasteiger charge is -2.22. The first-order valence-corrected chi connectivity index (χ1v) is 6.28. The third-order valence-corrected chi connectivity index (χ3v) is 3.05. The molecule has 0 bridgehead atoms. The van der Waals surface area contributed by atoms with E-state index in [1.807, 2.05) is 6.92 Å². The Morgan fingerprint density at radius 2 is 2.38 bits per heavy atom. The highest BCUT2D eigenvalue weighted by molar-refractivity contribution is 5.76. The molecule has 94 valence electrons. The molecule has 0 aromatic heterocycles. The average Bonchev–Trinajstić information content (AvgIpc) is 2.34. The first-order chi connectivity index (χ1) is 7.76. The van der Waals surface area contributed by atoms with Gasteiger partial charge in [0, 0.05) is 13.0 Å². The van der Waals surface area contributed by atoms with Crippen LogP contribution in [0, 0.1) is 0 Å². The van der Waals surface area contributed by atoms with Gasteiger partial charge in [0.1, 0.15) is 0 Å². The molecule has 4 nitrogen and oxygen atoms in total. The number of hydrogen-bond donors (Lipinski definition) is 2. The van der Waals surface area contributed by atoms with E-state index < -0.39 is 0 Å². The van der Waals surface area contributed by atoms with Crippen molar-refractivity contribution in [1.82, 2.24) is 5.32 Å². The minimum atomic E-state index is -0.0974. The van der Waals surface area contributed by atoms with Crippen molar-refractivity contribution in [2.45, 2.75) is 57.6 Å². The van der Waals surface area contributed by atoms with Crippen molar-refractivity contribution in [2.75, 3.05) is 13.2 Å². The quantitative estimate of drug-likeness (QED) is 0.720. The Hall–Kier alpha value is -0.610. The second-order valence-electron chi connectivity index (χ2n) is 4.38. The zero-order valence-corrected chi connectivity index (χ0v) is 10.1. The number of rotatable bonds is 6. The smallest absolute Gasteiger partial charge is 0.220 e. The summed E-state index contributed by atoms with van der Waals surface area (Å²) in [5, 5.41) is 11.8. The maximum atomic E-state index is 11.5. The topological polar surface area (TPSA) is 58.6 Å². The van der Waals surface area contributed by atoms with E-state index in [-0.39, 0.29) is 24.7 Å². The number of hydrogen-bond acceptors (Lipinski definition) is 3. The standard InChI is InChI=1S/C12H23NO3/c1-2-10(9-14)13-12(15)7-6-11-5-3-4-8-16-11/h10-11,14H,2-9H2,1H3,(H,13,15). The Kier molecular flexibility index (Phi) is 6.42. The van der Waals surface area contributed by atoms with Crippen molar-refractivity contribution in [3.8, 4) is 0 Å². The third-order valence-electron chi connectivity index (χ3n) is 3.05. The van der Waals surface area contributed by atoms with Gasteiger partial charge >= 0.3 is 0 Å². The third kappa shape index (κ3) is 4.94. The van der Waals surface area contributed by atoms with Crippen molar-refractivity contribution in [1.29, 1.82) is 0 Å². The lowest BCUT2D eigenvalue weighted by atomic mass is 10.0. The molecule has 1 aliphatic heterocycles. The van der Waals surface area contributed by atoms with Gasteiger partial charge in [-0.25, -0.2) is 0 Å². The highest BCUT2D eigenvalue weighted by Gasteiger charge is 2.16. The van der Waals surface area contributed by atoms with Gasteiger partial charge in [-0.2, -0.15) is 0 Å². The van der Waals surface area contributed by atoms with Crippen molar-refractivity contribution >= 4 is 5.91 Å². The molecule has 0 aromatic rings. The van der Waals surface area contributed by atoms with Gasteiger partial charge in [-0.05, 0) is 32.1 Å². The fourth-order valence-electron chi connectivity index (χ4n) is 1.90. The van der Waals surface area contributed by atoms with Gasteiger partial charge < -0.3 is 15.2 Å². The minimum Gasteiger partial charge on any atom is -0.394 e. The molecule has 16 heavy (non-hydrogen) atoms. The van der Waals surface area contributed by atoms with E-state index in [9.17, 15) is 4.79 Å². The van der Waals surface area contributed by atoms with E-state index in [1.54, 1.807) is 0 Å². The highest BCUT2D eigenvalue weighted by atomic mass is 16.5. The van der Waals surface area contributed by atoms with Crippen LogP contribution >= 0.6 is 0 Å². The minimum absolute atomic E-state index is 0.0160. The molecule has 1 saturated heterocycles. The number of aliphatic hydroxyl groups excluding tert-OH is 1. The predicted molar refractivity (Wildman–Crippen MR) is 62.1 cm³/mol. The molecule has 1 heterocycles. The van der Waals surface area contributed by atoms with Gasteiger partial charge in [0.15, 0.2) is 0 Å². The Morgan fingerprint density at radius 3 is 2.94 bits per heavy atom. The van der Waals surface area contributed by atoms with Crippen molar-refractivity contribution in [2.24, 2.45) is 0 Å². The molecular formula is C12H23NO3. The van der Waals surface area contributed by atoms with E-state index in [0.29, 0.717) is 6.42 Å². The van der Waals surface area contributed by atoms with Gasteiger partial charge in [0.05, 0.1) is 18.8 Å². The molecule has 1 fully saturated rings. The number of ether oxygens (including phenoxy) is 1. The first kappa shape index (κ1) is 13.5. The molecule has 4 heteroatoms. The average molecular weight is 229 g/mol. The van der Waals surface area contributed by atoms with Crippen LogP contribution in [0.15, 0.2) is 0 Å². The Morgan fingerprint density at radius 1 is 1.56 bits per heavy atom. The fraction of sp³-hybridized carbons (Fsp3) is 0.917. The Balaban J connectivity index is 2.13. The maximum absolute atomic E-state index is 11.5. The summed E-state index contributed by atoms with van der Waals surface area (Å²) in [6.07, 6.45) is 5.75. The molecular weight excluding hydrogens is 206 g/mol. The second kappa shape index (κ2) is 7.63. The largest absolute Gasteiger partial charge is 0.394 e. The van der Waals surface area contributed by atoms with Gasteiger partial charge in [-0.3, -0.25) is 4.79 Å². The molecule has 1 amide bonds. The monoisotopic (exact) mass is 229 g/mol. The SMILES string of the molecule is CCC(CO)NC(=O)CCC1CCCCO1. The van der Waals surface area contributed by atoms with Crippen LogP contribution in [-0.2, 0) is 9.53 Å². The zero-order chi connectivity index (χ0) is 11.8. The summed E-state index contributed by atoms with van der Waals surface area (Å²) in [6, 6.07) is -0.0974. The van der Waals surface area contributed by atoms with Gasteiger partial charge in [0.25, 0.3) is 0 Å². The first-order valence-electron chi connectivity index (χ1n) is 6.28. The lowest BCUT2D eigenvalue weighted by molar-refractivity contribution is -0.123. The summed E-state index contributed by atoms with van der Waals surface area (Å²) >= 11 is 0. The molecule has 0 saturated carbocycles. The van der Waals surface area contributed by atoms with Crippen LogP contribution in [0.2, 0.25) is 0 Å². The fourth-order valence-corrected chi connectivity index (χ4v) is 1.90. The van der Waals surface area contributed by atoms with Crippen LogP contribution in [0.5, 0.6) is 0 Å². The van der Waals surface area contributed by atoms with Crippen LogP contribution in [0.25, 0.3) is 0 Å². The molecule has 2 unspecified atom stereocenters. The molecule has 0 spiro atoms. The van der Waals surface area contributed by atoms with Gasteiger partial charge in [0.2, 0.25) is 5.91 Å². The number of carbonyl (C=O) groups is 1. The molecule has 2 atom stereocenters. The molecule has 0 aliphatic carbocycles. The van der Waals surface area contributed by atoms with Crippen LogP contribution < -0.4 is 5.32 Å². The highest BCUT2D eigenvalue weighted by Crippen LogP contribution is 2.16. The summed E-state index contributed by atoms with van der Waals surface area (Å²) in [4.78, 5) is 11.5. The second-order valence-corrected chi connectivity index (χ2v) is 4.38. The van der Waals surface area contributed by atoms with E-state index in [4.69, 9.17) is 9.84 Å². The molecule has 2 N–H and O–H groups in total. The van der Waals surface area contributed by atoms with Crippen LogP contribution in [-0.4, -0.2) is 36.4 Å². The van der Waals surface area contributed by atoms with E-state index >= 15 is 0 Å². The normalized spacial score (nSPS) is 22.8. The van der Waals surface area contributed by atoms with Crippen LogP contribution in [0.1, 0.15) is 45.4 Å². The van der Waals surface area contributed by atoms with Crippen molar-refractivity contribution < 1.29 is 14.6 Å². The summed E-state index contributed by atoms with van der Waals surface area (Å²) in [5.41, 5.74) is 0. The van der Waals surface area contributed by atoms with Gasteiger partial charge in [-0.15, -0.1) is 0 Å². The summed E-state index contributed by atoms with van der Waals surface area (Å²) < 4.78 is 5.56. The summed E-state index contributed by atoms with van der Waals surface area (Å²) in [5.74, 6) is 0.0232. The lowest BCUT2D eigenvalue weighted by Crippen LogP contribution is -2.37. The van der Waals surface area contributed by atoms with Crippen LogP contribution in [0.4, 0.5) is 0 Å². The van der Waals surface area contributed by atoms with Gasteiger partial charge in [-0.1, -0.05) is 6.92 Å². The van der Waals surface area contributed by atoms with Crippen molar-refractivity contribution in [3.05, 3.63) is 0 Å². The maximum Gasteiger partial charge on any atom is 0.220 e. The van der Waals surface area contributed by atoms with Crippen LogP contribution in [0.3, 0.4) is 0 Å². The number of carbonyl (C=O) groups excluding carboxylic acids is 1. The van der Waals surface area contributed by atoms with E-state index in [0.717, 1.165) is 32.3 Å². The van der Waals surface area contributed by atoms with Crippen molar-refractivity contribution in [3.63, 3.8) is 0 Å². The predicted octanol–water partition coefficient (Wildman–Crippen LogP) is 1.22. The van der Waals surface area contributed by atoms with E-state index in [1.165, 1.54) is 6.42 Å². The molecule has 1 aliphatic rings.